The molecular formula is C16H25BrIN7S. The number of thiophene rings is 1. The lowest BCUT2D eigenvalue weighted by Gasteiger charge is -2.36. The number of nitrogens with zero attached hydrogens (tertiary/aromatic N) is 6. The highest BCUT2D eigenvalue weighted by atomic mass is 127. The molecule has 1 aliphatic rings. The number of aryl methyl sites for hydroxylation is 1. The first-order valence-electron chi connectivity index (χ1n) is 8.48. The van der Waals surface area contributed by atoms with E-state index in [1.807, 2.05) is 18.4 Å². The fraction of sp³-hybridized carbons (Fsp3) is 0.562. The van der Waals surface area contributed by atoms with Gasteiger partial charge in [0.05, 0.1) is 3.79 Å². The maximum Gasteiger partial charge on any atom is 0.194 e. The van der Waals surface area contributed by atoms with E-state index in [-0.39, 0.29) is 24.0 Å². The van der Waals surface area contributed by atoms with Crippen LogP contribution in [0.15, 0.2) is 27.2 Å². The van der Waals surface area contributed by atoms with Gasteiger partial charge in [0, 0.05) is 51.2 Å². The van der Waals surface area contributed by atoms with Crippen molar-refractivity contribution in [1.29, 1.82) is 0 Å². The van der Waals surface area contributed by atoms with E-state index in [1.165, 1.54) is 8.66 Å². The summed E-state index contributed by atoms with van der Waals surface area (Å²) in [5.41, 5.74) is 0. The monoisotopic (exact) mass is 553 g/mol. The average molecular weight is 554 g/mol. The molecule has 0 amide bonds. The molecule has 10 heteroatoms. The number of nitrogens with one attached hydrogen (secondary N) is 1. The van der Waals surface area contributed by atoms with Crippen LogP contribution in [0.1, 0.15) is 17.6 Å². The van der Waals surface area contributed by atoms with Gasteiger partial charge in [0.2, 0.25) is 0 Å². The highest BCUT2D eigenvalue weighted by Gasteiger charge is 2.20. The zero-order valence-electron chi connectivity index (χ0n) is 15.1. The Hall–Kier alpha value is -0.720. The zero-order valence-corrected chi connectivity index (χ0v) is 19.8. The van der Waals surface area contributed by atoms with Crippen molar-refractivity contribution in [3.63, 3.8) is 0 Å². The van der Waals surface area contributed by atoms with Gasteiger partial charge in [-0.2, -0.15) is 5.10 Å². The summed E-state index contributed by atoms with van der Waals surface area (Å²) in [7, 11) is 1.90. The molecule has 0 unspecified atom stereocenters. The second-order valence-corrected chi connectivity index (χ2v) is 8.49. The van der Waals surface area contributed by atoms with Crippen LogP contribution >= 0.6 is 51.2 Å². The molecule has 0 radical (unpaired) electrons. The molecular weight excluding hydrogens is 529 g/mol. The largest absolute Gasteiger partial charge is 0.357 e. The van der Waals surface area contributed by atoms with Crippen LogP contribution in [0.3, 0.4) is 0 Å². The Morgan fingerprint density at radius 2 is 2.08 bits per heavy atom. The lowest BCUT2D eigenvalue weighted by molar-refractivity contribution is 0.173. The van der Waals surface area contributed by atoms with Crippen molar-refractivity contribution in [3.8, 4) is 0 Å². The summed E-state index contributed by atoms with van der Waals surface area (Å²) in [6.07, 6.45) is 1.57. The third-order valence-corrected chi connectivity index (χ3v) is 5.80. The molecule has 0 aliphatic carbocycles. The molecule has 0 spiro atoms. The fourth-order valence-electron chi connectivity index (χ4n) is 2.81. The third-order valence-electron chi connectivity index (χ3n) is 4.19. The Bertz CT molecular complexity index is 709. The molecule has 0 bridgehead atoms. The standard InChI is InChI=1S/C16H24BrN7S.HI/c1-3-18-16(19-10-15-20-12-21-22(15)2)24-8-6-23(7-9-24)11-13-4-5-14(17)25-13;/h4-5,12H,3,6-11H2,1-2H3,(H,18,19);1H. The lowest BCUT2D eigenvalue weighted by atomic mass is 10.3. The van der Waals surface area contributed by atoms with Gasteiger partial charge < -0.3 is 10.2 Å². The van der Waals surface area contributed by atoms with Gasteiger partial charge in [0.25, 0.3) is 0 Å². The van der Waals surface area contributed by atoms with Crippen LogP contribution in [0.25, 0.3) is 0 Å². The molecule has 144 valence electrons. The molecule has 0 saturated carbocycles. The number of rotatable bonds is 5. The molecule has 26 heavy (non-hydrogen) atoms. The van der Waals surface area contributed by atoms with Crippen LogP contribution in [0.2, 0.25) is 0 Å². The highest BCUT2D eigenvalue weighted by Crippen LogP contribution is 2.23. The Labute approximate surface area is 184 Å². The van der Waals surface area contributed by atoms with E-state index in [4.69, 9.17) is 4.99 Å². The van der Waals surface area contributed by atoms with Gasteiger partial charge in [-0.25, -0.2) is 9.98 Å². The lowest BCUT2D eigenvalue weighted by Crippen LogP contribution is -2.52. The van der Waals surface area contributed by atoms with Crippen molar-refractivity contribution in [2.75, 3.05) is 32.7 Å². The summed E-state index contributed by atoms with van der Waals surface area (Å²) in [6.45, 7) is 8.59. The summed E-state index contributed by atoms with van der Waals surface area (Å²) in [5, 5.41) is 7.50. The first-order valence-corrected chi connectivity index (χ1v) is 10.1. The van der Waals surface area contributed by atoms with Gasteiger partial charge in [0.1, 0.15) is 18.7 Å². The van der Waals surface area contributed by atoms with Gasteiger partial charge in [-0.1, -0.05) is 0 Å². The number of aromatic nitrogens is 3. The minimum absolute atomic E-state index is 0. The van der Waals surface area contributed by atoms with E-state index in [9.17, 15) is 0 Å². The second-order valence-electron chi connectivity index (χ2n) is 5.94. The second kappa shape index (κ2) is 10.6. The average Bonchev–Trinajstić information content (AvgIpc) is 3.20. The van der Waals surface area contributed by atoms with Crippen LogP contribution < -0.4 is 5.32 Å². The molecule has 0 atom stereocenters. The summed E-state index contributed by atoms with van der Waals surface area (Å²) in [6, 6.07) is 4.33. The van der Waals surface area contributed by atoms with Crippen LogP contribution in [0.4, 0.5) is 0 Å². The Morgan fingerprint density at radius 1 is 1.31 bits per heavy atom. The van der Waals surface area contributed by atoms with Crippen molar-refractivity contribution < 1.29 is 0 Å². The Balaban J connectivity index is 0.00000243. The molecule has 0 aromatic carbocycles. The van der Waals surface area contributed by atoms with Crippen molar-refractivity contribution in [1.82, 2.24) is 29.9 Å². The third kappa shape index (κ3) is 5.89. The van der Waals surface area contributed by atoms with E-state index in [2.05, 4.69) is 60.2 Å². The number of hydrogen-bond donors (Lipinski definition) is 1. The van der Waals surface area contributed by atoms with Crippen LogP contribution in [0, 0.1) is 0 Å². The van der Waals surface area contributed by atoms with E-state index in [0.717, 1.165) is 51.1 Å². The van der Waals surface area contributed by atoms with Gasteiger partial charge in [-0.3, -0.25) is 9.58 Å². The number of halogens is 2. The van der Waals surface area contributed by atoms with Gasteiger partial charge in [0.15, 0.2) is 5.96 Å². The minimum atomic E-state index is 0. The Morgan fingerprint density at radius 3 is 2.65 bits per heavy atom. The number of guanidine groups is 1. The fourth-order valence-corrected chi connectivity index (χ4v) is 4.34. The first kappa shape index (κ1) is 21.6. The molecule has 1 saturated heterocycles. The zero-order chi connectivity index (χ0) is 17.6. The first-order chi connectivity index (χ1) is 12.2. The van der Waals surface area contributed by atoms with Crippen molar-refractivity contribution in [3.05, 3.63) is 32.9 Å². The molecule has 1 aliphatic heterocycles. The van der Waals surface area contributed by atoms with Gasteiger partial charge in [-0.15, -0.1) is 35.3 Å². The minimum Gasteiger partial charge on any atom is -0.357 e. The summed E-state index contributed by atoms with van der Waals surface area (Å²) < 4.78 is 2.97. The normalized spacial score (nSPS) is 15.8. The molecule has 1 fully saturated rings. The SMILES string of the molecule is CCNC(=NCc1ncnn1C)N1CCN(Cc2ccc(Br)s2)CC1.I. The van der Waals surface area contributed by atoms with Gasteiger partial charge >= 0.3 is 0 Å². The molecule has 2 aromatic heterocycles. The molecule has 7 nitrogen and oxygen atoms in total. The van der Waals surface area contributed by atoms with Crippen molar-refractivity contribution in [2.45, 2.75) is 20.0 Å². The van der Waals surface area contributed by atoms with Crippen molar-refractivity contribution >= 4 is 57.2 Å². The van der Waals surface area contributed by atoms with E-state index >= 15 is 0 Å². The topological polar surface area (TPSA) is 61.6 Å². The van der Waals surface area contributed by atoms with E-state index in [0.29, 0.717) is 6.54 Å². The molecule has 1 N–H and O–H groups in total. The number of aliphatic imine (C=N–C) groups is 1. The highest BCUT2D eigenvalue weighted by molar-refractivity contribution is 14.0. The Kier molecular flexibility index (Phi) is 8.77. The summed E-state index contributed by atoms with van der Waals surface area (Å²) >= 11 is 5.35. The van der Waals surface area contributed by atoms with Crippen molar-refractivity contribution in [2.24, 2.45) is 12.0 Å². The van der Waals surface area contributed by atoms with E-state index < -0.39 is 0 Å². The maximum atomic E-state index is 4.74. The predicted octanol–water partition coefficient (Wildman–Crippen LogP) is 2.54. The predicted molar refractivity (Wildman–Crippen MR) is 120 cm³/mol. The van der Waals surface area contributed by atoms with Crippen LogP contribution in [-0.2, 0) is 20.1 Å². The summed E-state index contributed by atoms with van der Waals surface area (Å²) in [4.78, 5) is 15.2. The van der Waals surface area contributed by atoms with Crippen LogP contribution in [-0.4, -0.2) is 63.2 Å². The maximum absolute atomic E-state index is 4.74. The molecule has 3 rings (SSSR count). The van der Waals surface area contributed by atoms with E-state index in [1.54, 1.807) is 11.0 Å². The van der Waals surface area contributed by atoms with Crippen LogP contribution in [0.5, 0.6) is 0 Å². The molecule has 3 heterocycles. The summed E-state index contributed by atoms with van der Waals surface area (Å²) in [5.74, 6) is 1.83. The number of hydrogen-bond acceptors (Lipinski definition) is 5. The smallest absolute Gasteiger partial charge is 0.194 e. The molecule has 2 aromatic rings. The number of piperazine rings is 1. The quantitative estimate of drug-likeness (QED) is 0.350. The van der Waals surface area contributed by atoms with Gasteiger partial charge in [-0.05, 0) is 35.0 Å².